The minimum atomic E-state index is -1.73. The number of anilines is 1. The maximum atomic E-state index is 12.9. The van der Waals surface area contributed by atoms with Crippen molar-refractivity contribution >= 4 is 45.5 Å². The molecular weight excluding hydrogens is 478 g/mol. The van der Waals surface area contributed by atoms with Gasteiger partial charge in [-0.2, -0.15) is 0 Å². The Hall–Kier alpha value is -2.92. The summed E-state index contributed by atoms with van der Waals surface area (Å²) < 4.78 is 23.1. The van der Waals surface area contributed by atoms with Crippen LogP contribution in [0.2, 0.25) is 0 Å². The summed E-state index contributed by atoms with van der Waals surface area (Å²) in [6.45, 7) is 0.280. The summed E-state index contributed by atoms with van der Waals surface area (Å²) >= 11 is 1.48. The van der Waals surface area contributed by atoms with Crippen molar-refractivity contribution in [3.05, 3.63) is 40.6 Å². The molecule has 2 aromatic rings. The quantitative estimate of drug-likeness (QED) is 0.512. The fourth-order valence-corrected chi connectivity index (χ4v) is 5.58. The van der Waals surface area contributed by atoms with E-state index in [9.17, 15) is 18.6 Å². The second-order valence-electron chi connectivity index (χ2n) is 8.22. The number of hydrogen-bond donors (Lipinski definition) is 2. The molecule has 4 rings (SSSR count). The SMILES string of the molecule is O=C(C[S@@](=O)CC(=O)N(CC(=O)NC1CCCC1)Cc1cccs1)Nc1ccc2c(c1)OCO2. The first kappa shape index (κ1) is 24.2. The van der Waals surface area contributed by atoms with Crippen LogP contribution in [0, 0.1) is 0 Å². The Kier molecular flexibility index (Phi) is 8.17. The third kappa shape index (κ3) is 6.80. The van der Waals surface area contributed by atoms with Crippen LogP contribution in [0.1, 0.15) is 30.6 Å². The molecule has 0 spiro atoms. The maximum Gasteiger partial charge on any atom is 0.239 e. The molecule has 1 aliphatic heterocycles. The molecule has 1 aliphatic carbocycles. The standard InChI is InChI=1S/C23H27N3O6S2/c27-21(24-16-4-1-2-5-16)12-26(11-18-6-3-9-33-18)23(29)14-34(30)13-22(28)25-17-7-8-19-20(10-17)32-15-31-19/h3,6-10,16H,1-2,4-5,11-15H2,(H,24,27)(H,25,28)/t34-/m1/s1. The van der Waals surface area contributed by atoms with Crippen molar-refractivity contribution in [3.8, 4) is 11.5 Å². The highest BCUT2D eigenvalue weighted by atomic mass is 32.2. The zero-order chi connectivity index (χ0) is 23.9. The van der Waals surface area contributed by atoms with Crippen LogP contribution < -0.4 is 20.1 Å². The lowest BCUT2D eigenvalue weighted by Crippen LogP contribution is -2.44. The molecule has 1 aromatic carbocycles. The summed E-state index contributed by atoms with van der Waals surface area (Å²) in [5.41, 5.74) is 0.487. The molecule has 0 saturated heterocycles. The molecule has 182 valence electrons. The van der Waals surface area contributed by atoms with Crippen molar-refractivity contribution in [2.75, 3.05) is 30.2 Å². The van der Waals surface area contributed by atoms with Crippen LogP contribution >= 0.6 is 11.3 Å². The molecule has 1 aromatic heterocycles. The Labute approximate surface area is 204 Å². The normalized spacial score (nSPS) is 15.6. The first-order valence-corrected chi connectivity index (χ1v) is 13.5. The van der Waals surface area contributed by atoms with Gasteiger partial charge in [-0.15, -0.1) is 11.3 Å². The maximum absolute atomic E-state index is 12.9. The highest BCUT2D eigenvalue weighted by Gasteiger charge is 2.24. The fraction of sp³-hybridized carbons (Fsp3) is 0.435. The number of carbonyl (C=O) groups is 3. The van der Waals surface area contributed by atoms with Crippen LogP contribution in [0.5, 0.6) is 11.5 Å². The summed E-state index contributed by atoms with van der Waals surface area (Å²) in [7, 11) is -1.73. The van der Waals surface area contributed by atoms with E-state index in [1.165, 1.54) is 16.2 Å². The summed E-state index contributed by atoms with van der Waals surface area (Å²) in [6, 6.07) is 8.87. The number of fused-ring (bicyclic) bond motifs is 1. The van der Waals surface area contributed by atoms with Crippen molar-refractivity contribution in [3.63, 3.8) is 0 Å². The predicted octanol–water partition coefficient (Wildman–Crippen LogP) is 2.25. The minimum Gasteiger partial charge on any atom is -0.454 e. The van der Waals surface area contributed by atoms with Gasteiger partial charge in [0, 0.05) is 33.5 Å². The van der Waals surface area contributed by atoms with E-state index in [1.54, 1.807) is 18.2 Å². The van der Waals surface area contributed by atoms with E-state index < -0.39 is 22.6 Å². The molecular formula is C23H27N3O6S2. The Bertz CT molecular complexity index is 1050. The van der Waals surface area contributed by atoms with Gasteiger partial charge in [0.1, 0.15) is 11.5 Å². The van der Waals surface area contributed by atoms with Gasteiger partial charge >= 0.3 is 0 Å². The second-order valence-corrected chi connectivity index (χ2v) is 10.7. The van der Waals surface area contributed by atoms with Gasteiger partial charge < -0.3 is 25.0 Å². The molecule has 11 heteroatoms. The van der Waals surface area contributed by atoms with Gasteiger partial charge in [0.2, 0.25) is 24.5 Å². The van der Waals surface area contributed by atoms with Gasteiger partial charge in [-0.3, -0.25) is 18.6 Å². The number of carbonyl (C=O) groups excluding carboxylic acids is 3. The number of hydrogen-bond acceptors (Lipinski definition) is 7. The number of rotatable bonds is 10. The van der Waals surface area contributed by atoms with E-state index in [1.807, 2.05) is 17.5 Å². The van der Waals surface area contributed by atoms with Crippen molar-refractivity contribution in [2.45, 2.75) is 38.3 Å². The van der Waals surface area contributed by atoms with E-state index in [-0.39, 0.29) is 43.3 Å². The summed E-state index contributed by atoms with van der Waals surface area (Å²) in [5.74, 6) is -0.678. The van der Waals surface area contributed by atoms with Gasteiger partial charge in [-0.1, -0.05) is 18.9 Å². The summed E-state index contributed by atoms with van der Waals surface area (Å²) in [5, 5.41) is 7.54. The molecule has 2 aliphatic rings. The van der Waals surface area contributed by atoms with Crippen LogP contribution in [0.25, 0.3) is 0 Å². The average molecular weight is 506 g/mol. The molecule has 3 amide bonds. The number of nitrogens with one attached hydrogen (secondary N) is 2. The number of benzene rings is 1. The Balaban J connectivity index is 1.30. The predicted molar refractivity (Wildman–Crippen MR) is 129 cm³/mol. The molecule has 2 heterocycles. The van der Waals surface area contributed by atoms with Crippen molar-refractivity contribution < 1.29 is 28.1 Å². The Morgan fingerprint density at radius 2 is 1.85 bits per heavy atom. The van der Waals surface area contributed by atoms with Crippen LogP contribution in [0.4, 0.5) is 5.69 Å². The van der Waals surface area contributed by atoms with Crippen molar-refractivity contribution in [1.82, 2.24) is 10.2 Å². The second kappa shape index (κ2) is 11.5. The van der Waals surface area contributed by atoms with Crippen molar-refractivity contribution in [1.29, 1.82) is 0 Å². The van der Waals surface area contributed by atoms with E-state index >= 15 is 0 Å². The van der Waals surface area contributed by atoms with Gasteiger partial charge in [-0.05, 0) is 36.4 Å². The molecule has 2 N–H and O–H groups in total. The topological polar surface area (TPSA) is 114 Å². The Morgan fingerprint density at radius 3 is 2.62 bits per heavy atom. The first-order chi connectivity index (χ1) is 16.5. The molecule has 0 radical (unpaired) electrons. The zero-order valence-electron chi connectivity index (χ0n) is 18.6. The molecule has 0 bridgehead atoms. The monoisotopic (exact) mass is 505 g/mol. The minimum absolute atomic E-state index is 0.103. The van der Waals surface area contributed by atoms with E-state index in [0.717, 1.165) is 30.6 Å². The summed E-state index contributed by atoms with van der Waals surface area (Å²) in [4.78, 5) is 40.1. The lowest BCUT2D eigenvalue weighted by molar-refractivity contribution is -0.134. The number of ether oxygens (including phenoxy) is 2. The van der Waals surface area contributed by atoms with Crippen LogP contribution in [-0.2, 0) is 31.7 Å². The number of nitrogens with zero attached hydrogens (tertiary/aromatic N) is 1. The number of amides is 3. The van der Waals surface area contributed by atoms with E-state index in [0.29, 0.717) is 17.2 Å². The molecule has 34 heavy (non-hydrogen) atoms. The van der Waals surface area contributed by atoms with Crippen LogP contribution in [-0.4, -0.2) is 57.7 Å². The smallest absolute Gasteiger partial charge is 0.239 e. The molecule has 1 atom stereocenters. The highest BCUT2D eigenvalue weighted by molar-refractivity contribution is 7.86. The summed E-state index contributed by atoms with van der Waals surface area (Å²) in [6.07, 6.45) is 4.09. The number of thiophene rings is 1. The Morgan fingerprint density at radius 1 is 1.06 bits per heavy atom. The lowest BCUT2D eigenvalue weighted by Gasteiger charge is -2.23. The third-order valence-electron chi connectivity index (χ3n) is 5.57. The van der Waals surface area contributed by atoms with Gasteiger partial charge in [-0.25, -0.2) is 0 Å². The zero-order valence-corrected chi connectivity index (χ0v) is 20.3. The molecule has 0 unspecified atom stereocenters. The van der Waals surface area contributed by atoms with Crippen LogP contribution in [0.15, 0.2) is 35.7 Å². The molecule has 9 nitrogen and oxygen atoms in total. The fourth-order valence-electron chi connectivity index (χ4n) is 3.94. The first-order valence-electron chi connectivity index (χ1n) is 11.1. The molecule has 1 saturated carbocycles. The molecule has 1 fully saturated rings. The third-order valence-corrected chi connectivity index (χ3v) is 7.58. The van der Waals surface area contributed by atoms with Crippen LogP contribution in [0.3, 0.4) is 0 Å². The average Bonchev–Trinajstić information content (AvgIpc) is 3.55. The van der Waals surface area contributed by atoms with Gasteiger partial charge in [0.25, 0.3) is 0 Å². The highest BCUT2D eigenvalue weighted by Crippen LogP contribution is 2.34. The van der Waals surface area contributed by atoms with Gasteiger partial charge in [0.05, 0.1) is 13.1 Å². The largest absolute Gasteiger partial charge is 0.454 e. The van der Waals surface area contributed by atoms with Gasteiger partial charge in [0.15, 0.2) is 11.5 Å². The van der Waals surface area contributed by atoms with Crippen molar-refractivity contribution in [2.24, 2.45) is 0 Å². The lowest BCUT2D eigenvalue weighted by atomic mass is 10.2. The van der Waals surface area contributed by atoms with E-state index in [4.69, 9.17) is 9.47 Å². The van der Waals surface area contributed by atoms with E-state index in [2.05, 4.69) is 10.6 Å².